The van der Waals surface area contributed by atoms with Gasteiger partial charge in [0.25, 0.3) is 0 Å². The third-order valence-corrected chi connectivity index (χ3v) is 2.20. The Morgan fingerprint density at radius 2 is 1.86 bits per heavy atom. The van der Waals surface area contributed by atoms with Crippen LogP contribution in [0.4, 0.5) is 5.69 Å². The van der Waals surface area contributed by atoms with E-state index in [1.807, 2.05) is 13.0 Å². The summed E-state index contributed by atoms with van der Waals surface area (Å²) in [5.41, 5.74) is 2.46. The summed E-state index contributed by atoms with van der Waals surface area (Å²) < 4.78 is 0. The molecule has 0 aliphatic heterocycles. The third-order valence-electron chi connectivity index (χ3n) is 2.20. The molecule has 0 aliphatic rings. The van der Waals surface area contributed by atoms with Crippen LogP contribution < -0.4 is 5.32 Å². The van der Waals surface area contributed by atoms with Crippen LogP contribution in [0.25, 0.3) is 0 Å². The van der Waals surface area contributed by atoms with Crippen molar-refractivity contribution in [3.05, 3.63) is 29.8 Å². The fraction of sp³-hybridized carbons (Fsp3) is 0.385. The van der Waals surface area contributed by atoms with Gasteiger partial charge in [0, 0.05) is 5.69 Å². The van der Waals surface area contributed by atoms with Gasteiger partial charge in [-0.2, -0.15) is 0 Å². The van der Waals surface area contributed by atoms with Gasteiger partial charge < -0.3 is 5.32 Å². The number of terminal acetylenes is 1. The molecule has 0 aliphatic carbocycles. The molecular weight excluding hydrogens is 170 g/mol. The molecule has 0 radical (unpaired) electrons. The van der Waals surface area contributed by atoms with Gasteiger partial charge in [-0.25, -0.2) is 0 Å². The summed E-state index contributed by atoms with van der Waals surface area (Å²) in [6, 6.07) is 8.37. The summed E-state index contributed by atoms with van der Waals surface area (Å²) in [5.74, 6) is 3.19. The van der Waals surface area contributed by atoms with Gasteiger partial charge in [0.2, 0.25) is 0 Å². The first kappa shape index (κ1) is 10.7. The van der Waals surface area contributed by atoms with Crippen molar-refractivity contribution in [3.63, 3.8) is 0 Å². The Morgan fingerprint density at radius 1 is 1.21 bits per heavy atom. The first-order valence-corrected chi connectivity index (χ1v) is 4.96. The zero-order valence-electron chi connectivity index (χ0n) is 9.04. The van der Waals surface area contributed by atoms with Crippen LogP contribution in [0.1, 0.15) is 32.3 Å². The fourth-order valence-corrected chi connectivity index (χ4v) is 1.41. The number of hydrogen-bond donors (Lipinski definition) is 1. The lowest BCUT2D eigenvalue weighted by molar-refractivity contribution is 0.862. The maximum Gasteiger partial charge on any atom is 0.0845 e. The molecule has 1 aromatic carbocycles. The second-order valence-corrected chi connectivity index (χ2v) is 3.77. The lowest BCUT2D eigenvalue weighted by Gasteiger charge is -2.16. The van der Waals surface area contributed by atoms with E-state index >= 15 is 0 Å². The Morgan fingerprint density at radius 3 is 2.43 bits per heavy atom. The summed E-state index contributed by atoms with van der Waals surface area (Å²) in [5, 5.41) is 3.31. The number of anilines is 1. The highest BCUT2D eigenvalue weighted by molar-refractivity contribution is 5.53. The second kappa shape index (κ2) is 4.72. The molecule has 0 amide bonds. The average Bonchev–Trinajstić information content (AvgIpc) is 2.18. The molecule has 1 N–H and O–H groups in total. The van der Waals surface area contributed by atoms with Gasteiger partial charge in [-0.3, -0.25) is 0 Å². The van der Waals surface area contributed by atoms with E-state index in [1.165, 1.54) is 5.56 Å². The van der Waals surface area contributed by atoms with Crippen LogP contribution in [0.15, 0.2) is 24.3 Å². The molecule has 1 aromatic rings. The van der Waals surface area contributed by atoms with Crippen molar-refractivity contribution >= 4 is 5.69 Å². The molecule has 1 heteroatoms. The van der Waals surface area contributed by atoms with Crippen LogP contribution in [0, 0.1) is 12.3 Å². The zero-order valence-corrected chi connectivity index (χ0v) is 9.04. The monoisotopic (exact) mass is 187 g/mol. The normalized spacial score (nSPS) is 12.2. The molecule has 0 heterocycles. The van der Waals surface area contributed by atoms with Crippen molar-refractivity contribution in [2.75, 3.05) is 5.32 Å². The van der Waals surface area contributed by atoms with Gasteiger partial charge in [0.15, 0.2) is 0 Å². The molecule has 1 atom stereocenters. The fourth-order valence-electron chi connectivity index (χ4n) is 1.41. The van der Waals surface area contributed by atoms with E-state index in [1.54, 1.807) is 0 Å². The van der Waals surface area contributed by atoms with Crippen LogP contribution >= 0.6 is 0 Å². The summed E-state index contributed by atoms with van der Waals surface area (Å²) in [4.78, 5) is 0. The molecule has 1 nitrogen and oxygen atoms in total. The van der Waals surface area contributed by atoms with E-state index < -0.39 is 0 Å². The molecule has 74 valence electrons. The van der Waals surface area contributed by atoms with E-state index in [4.69, 9.17) is 6.42 Å². The van der Waals surface area contributed by atoms with Crippen LogP contribution in [0.2, 0.25) is 0 Å². The number of rotatable bonds is 3. The Balaban J connectivity index is 2.91. The van der Waals surface area contributed by atoms with E-state index in [9.17, 15) is 0 Å². The third kappa shape index (κ3) is 2.53. The van der Waals surface area contributed by atoms with E-state index in [-0.39, 0.29) is 6.04 Å². The van der Waals surface area contributed by atoms with E-state index in [0.29, 0.717) is 5.92 Å². The summed E-state index contributed by atoms with van der Waals surface area (Å²) >= 11 is 0. The average molecular weight is 187 g/mol. The zero-order chi connectivity index (χ0) is 10.6. The minimum Gasteiger partial charge on any atom is -0.372 e. The van der Waals surface area contributed by atoms with Crippen molar-refractivity contribution in [1.29, 1.82) is 0 Å². The van der Waals surface area contributed by atoms with Gasteiger partial charge in [0.05, 0.1) is 6.04 Å². The smallest absolute Gasteiger partial charge is 0.0845 e. The highest BCUT2D eigenvalue weighted by Crippen LogP contribution is 2.23. The van der Waals surface area contributed by atoms with E-state index in [2.05, 4.69) is 43.3 Å². The molecule has 0 fully saturated rings. The Labute approximate surface area is 86.5 Å². The van der Waals surface area contributed by atoms with Gasteiger partial charge in [-0.05, 0) is 24.5 Å². The Kier molecular flexibility index (Phi) is 3.59. The van der Waals surface area contributed by atoms with Crippen molar-refractivity contribution in [2.45, 2.75) is 32.7 Å². The number of hydrogen-bond acceptors (Lipinski definition) is 1. The largest absolute Gasteiger partial charge is 0.372 e. The molecule has 0 spiro atoms. The Bertz CT molecular complexity index is 333. The van der Waals surface area contributed by atoms with Crippen molar-refractivity contribution in [1.82, 2.24) is 0 Å². The number of nitrogens with one attached hydrogen (secondary N) is 1. The standard InChI is InChI=1S/C13H17N/c1-5-11(4)14-13-9-7-6-8-12(13)10(2)3/h1,6-11,14H,2-4H3. The summed E-state index contributed by atoms with van der Waals surface area (Å²) in [7, 11) is 0. The van der Waals surface area contributed by atoms with Crippen LogP contribution in [0.3, 0.4) is 0 Å². The van der Waals surface area contributed by atoms with Crippen molar-refractivity contribution in [2.24, 2.45) is 0 Å². The molecular formula is C13H17N. The molecule has 0 saturated carbocycles. The Hall–Kier alpha value is -1.42. The lowest BCUT2D eigenvalue weighted by Crippen LogP contribution is -2.13. The topological polar surface area (TPSA) is 12.0 Å². The molecule has 0 bridgehead atoms. The molecule has 0 saturated heterocycles. The maximum absolute atomic E-state index is 5.33. The van der Waals surface area contributed by atoms with Crippen molar-refractivity contribution in [3.8, 4) is 12.3 Å². The molecule has 14 heavy (non-hydrogen) atoms. The predicted molar refractivity (Wildman–Crippen MR) is 62.4 cm³/mol. The van der Waals surface area contributed by atoms with Gasteiger partial charge in [0.1, 0.15) is 0 Å². The SMILES string of the molecule is C#CC(C)Nc1ccccc1C(C)C. The maximum atomic E-state index is 5.33. The quantitative estimate of drug-likeness (QED) is 0.716. The molecule has 1 rings (SSSR count). The van der Waals surface area contributed by atoms with Gasteiger partial charge >= 0.3 is 0 Å². The first-order valence-electron chi connectivity index (χ1n) is 4.96. The second-order valence-electron chi connectivity index (χ2n) is 3.77. The first-order chi connectivity index (χ1) is 6.65. The van der Waals surface area contributed by atoms with Crippen LogP contribution in [0.5, 0.6) is 0 Å². The summed E-state index contributed by atoms with van der Waals surface area (Å²) in [6.07, 6.45) is 5.33. The lowest BCUT2D eigenvalue weighted by atomic mass is 10.0. The number of benzene rings is 1. The molecule has 1 unspecified atom stereocenters. The number of para-hydroxylation sites is 1. The highest BCUT2D eigenvalue weighted by Gasteiger charge is 2.06. The minimum absolute atomic E-state index is 0.0786. The minimum atomic E-state index is 0.0786. The van der Waals surface area contributed by atoms with Crippen LogP contribution in [-0.2, 0) is 0 Å². The molecule has 0 aromatic heterocycles. The summed E-state index contributed by atoms with van der Waals surface area (Å²) in [6.45, 7) is 6.35. The van der Waals surface area contributed by atoms with E-state index in [0.717, 1.165) is 5.69 Å². The predicted octanol–water partition coefficient (Wildman–Crippen LogP) is 3.24. The van der Waals surface area contributed by atoms with Crippen molar-refractivity contribution < 1.29 is 0 Å². The highest BCUT2D eigenvalue weighted by atomic mass is 14.9. The van der Waals surface area contributed by atoms with Gasteiger partial charge in [-0.1, -0.05) is 38.0 Å². The van der Waals surface area contributed by atoms with Gasteiger partial charge in [-0.15, -0.1) is 6.42 Å². The van der Waals surface area contributed by atoms with Crippen LogP contribution in [-0.4, -0.2) is 6.04 Å².